The lowest BCUT2D eigenvalue weighted by Gasteiger charge is -2.09. The van der Waals surface area contributed by atoms with E-state index < -0.39 is 5.82 Å². The lowest BCUT2D eigenvalue weighted by atomic mass is 10.3. The Balaban J connectivity index is 2.29. The summed E-state index contributed by atoms with van der Waals surface area (Å²) < 4.78 is 19.8. The van der Waals surface area contributed by atoms with Crippen molar-refractivity contribution in [3.05, 3.63) is 40.4 Å². The number of nitrogens with two attached hydrogens (primary N) is 1. The van der Waals surface area contributed by atoms with Crippen molar-refractivity contribution >= 4 is 21.7 Å². The van der Waals surface area contributed by atoms with Gasteiger partial charge >= 0.3 is 0 Å². The fraction of sp³-hybridized carbons (Fsp3) is 0.231. The van der Waals surface area contributed by atoms with Crippen molar-refractivity contribution in [3.8, 4) is 11.6 Å². The summed E-state index contributed by atoms with van der Waals surface area (Å²) in [6.07, 6.45) is 1.58. The maximum absolute atomic E-state index is 13.7. The number of hydrazine groups is 1. The van der Waals surface area contributed by atoms with Gasteiger partial charge in [-0.05, 0) is 24.6 Å². The normalized spacial score (nSPS) is 10.4. The zero-order chi connectivity index (χ0) is 14.5. The van der Waals surface area contributed by atoms with Gasteiger partial charge in [0.25, 0.3) is 0 Å². The number of hydrogen-bond donors (Lipinski definition) is 2. The minimum Gasteiger partial charge on any atom is -0.436 e. The number of nitrogens with zero attached hydrogens (tertiary/aromatic N) is 2. The Morgan fingerprint density at radius 3 is 2.80 bits per heavy atom. The molecule has 0 atom stereocenters. The number of halogens is 2. The zero-order valence-electron chi connectivity index (χ0n) is 10.9. The summed E-state index contributed by atoms with van der Waals surface area (Å²) in [5.41, 5.74) is 2.44. The molecule has 0 bridgehead atoms. The summed E-state index contributed by atoms with van der Waals surface area (Å²) in [7, 11) is 0. The van der Waals surface area contributed by atoms with E-state index in [2.05, 4.69) is 31.3 Å². The predicted molar refractivity (Wildman–Crippen MR) is 78.0 cm³/mol. The number of aryl methyl sites for hydroxylation is 1. The molecule has 0 saturated carbocycles. The molecule has 0 aliphatic rings. The van der Waals surface area contributed by atoms with E-state index in [9.17, 15) is 4.39 Å². The Kier molecular flexibility index (Phi) is 4.86. The number of anilines is 1. The van der Waals surface area contributed by atoms with Crippen LogP contribution in [0.5, 0.6) is 11.6 Å². The molecule has 2 aromatic rings. The first-order valence-electron chi connectivity index (χ1n) is 6.10. The van der Waals surface area contributed by atoms with Crippen LogP contribution in [-0.4, -0.2) is 9.97 Å². The van der Waals surface area contributed by atoms with Crippen LogP contribution in [0.25, 0.3) is 0 Å². The third kappa shape index (κ3) is 3.64. The molecule has 20 heavy (non-hydrogen) atoms. The first-order chi connectivity index (χ1) is 9.62. The van der Waals surface area contributed by atoms with Gasteiger partial charge in [-0.1, -0.05) is 22.9 Å². The van der Waals surface area contributed by atoms with Crippen LogP contribution in [0.2, 0.25) is 0 Å². The van der Waals surface area contributed by atoms with Gasteiger partial charge in [-0.25, -0.2) is 15.2 Å². The van der Waals surface area contributed by atoms with Crippen molar-refractivity contribution in [3.63, 3.8) is 0 Å². The molecule has 2 rings (SSSR count). The van der Waals surface area contributed by atoms with Gasteiger partial charge in [0, 0.05) is 17.0 Å². The first kappa shape index (κ1) is 14.7. The molecule has 0 spiro atoms. The molecule has 7 heteroatoms. The maximum atomic E-state index is 13.7. The molecule has 0 aliphatic heterocycles. The van der Waals surface area contributed by atoms with Gasteiger partial charge in [0.2, 0.25) is 5.88 Å². The highest BCUT2D eigenvalue weighted by Gasteiger charge is 2.09. The van der Waals surface area contributed by atoms with Crippen LogP contribution < -0.4 is 16.0 Å². The molecule has 106 valence electrons. The number of hydrogen-bond acceptors (Lipinski definition) is 5. The molecule has 1 aromatic carbocycles. The van der Waals surface area contributed by atoms with Crippen molar-refractivity contribution in [2.45, 2.75) is 19.8 Å². The van der Waals surface area contributed by atoms with E-state index >= 15 is 0 Å². The number of ether oxygens (including phenoxy) is 1. The average molecular weight is 341 g/mol. The molecule has 0 fully saturated rings. The monoisotopic (exact) mass is 340 g/mol. The Bertz CT molecular complexity index is 609. The smallest absolute Gasteiger partial charge is 0.224 e. The van der Waals surface area contributed by atoms with Crippen molar-refractivity contribution in [2.24, 2.45) is 5.84 Å². The Morgan fingerprint density at radius 1 is 1.35 bits per heavy atom. The SMILES string of the molecule is CCCc1nc(NN)cc(Oc2ccc(Br)cc2F)n1. The van der Waals surface area contributed by atoms with Crippen LogP contribution in [0.3, 0.4) is 0 Å². The second-order valence-corrected chi connectivity index (χ2v) is 4.99. The highest BCUT2D eigenvalue weighted by Crippen LogP contribution is 2.26. The highest BCUT2D eigenvalue weighted by atomic mass is 79.9. The standard InChI is InChI=1S/C13H14BrFN4O/c1-2-3-11-17-12(19-16)7-13(18-11)20-10-5-4-8(14)6-9(10)15/h4-7H,2-3,16H2,1H3,(H,17,18,19). The molecular weight excluding hydrogens is 327 g/mol. The van der Waals surface area contributed by atoms with E-state index in [4.69, 9.17) is 10.6 Å². The highest BCUT2D eigenvalue weighted by molar-refractivity contribution is 9.10. The largest absolute Gasteiger partial charge is 0.436 e. The van der Waals surface area contributed by atoms with Gasteiger partial charge in [0.1, 0.15) is 11.6 Å². The molecule has 5 nitrogen and oxygen atoms in total. The van der Waals surface area contributed by atoms with Gasteiger partial charge < -0.3 is 10.2 Å². The fourth-order valence-corrected chi connectivity index (χ4v) is 1.94. The summed E-state index contributed by atoms with van der Waals surface area (Å²) in [6.45, 7) is 2.01. The van der Waals surface area contributed by atoms with E-state index in [0.717, 1.165) is 6.42 Å². The summed E-state index contributed by atoms with van der Waals surface area (Å²) in [5, 5.41) is 0. The van der Waals surface area contributed by atoms with Crippen LogP contribution in [0.15, 0.2) is 28.7 Å². The summed E-state index contributed by atoms with van der Waals surface area (Å²) in [6, 6.07) is 6.05. The molecule has 0 radical (unpaired) electrons. The van der Waals surface area contributed by atoms with Gasteiger partial charge in [-0.3, -0.25) is 0 Å². The summed E-state index contributed by atoms with van der Waals surface area (Å²) in [5.74, 6) is 6.24. The third-order valence-corrected chi connectivity index (χ3v) is 2.97. The molecule has 3 N–H and O–H groups in total. The van der Waals surface area contributed by atoms with Crippen molar-refractivity contribution in [1.82, 2.24) is 9.97 Å². The summed E-state index contributed by atoms with van der Waals surface area (Å²) in [4.78, 5) is 8.41. The topological polar surface area (TPSA) is 73.1 Å². The van der Waals surface area contributed by atoms with Crippen molar-refractivity contribution in [2.75, 3.05) is 5.43 Å². The van der Waals surface area contributed by atoms with Gasteiger partial charge in [-0.15, -0.1) is 0 Å². The number of aromatic nitrogens is 2. The van der Waals surface area contributed by atoms with Crippen LogP contribution in [0, 0.1) is 5.82 Å². The van der Waals surface area contributed by atoms with Gasteiger partial charge in [-0.2, -0.15) is 4.98 Å². The van der Waals surface area contributed by atoms with Gasteiger partial charge in [0.15, 0.2) is 11.6 Å². The number of benzene rings is 1. The Hall–Kier alpha value is -1.73. The molecular formula is C13H14BrFN4O. The molecule has 0 aliphatic carbocycles. The second-order valence-electron chi connectivity index (χ2n) is 4.08. The average Bonchev–Trinajstić information content (AvgIpc) is 2.42. The van der Waals surface area contributed by atoms with E-state index in [1.54, 1.807) is 6.07 Å². The summed E-state index contributed by atoms with van der Waals surface area (Å²) >= 11 is 3.19. The first-order valence-corrected chi connectivity index (χ1v) is 6.89. The van der Waals surface area contributed by atoms with Crippen molar-refractivity contribution < 1.29 is 9.13 Å². The number of rotatable bonds is 5. The molecule has 0 amide bonds. The van der Waals surface area contributed by atoms with E-state index in [1.807, 2.05) is 6.92 Å². The number of nitrogen functional groups attached to an aromatic ring is 1. The minimum absolute atomic E-state index is 0.0947. The molecule has 1 heterocycles. The third-order valence-electron chi connectivity index (χ3n) is 2.48. The van der Waals surface area contributed by atoms with E-state index in [-0.39, 0.29) is 11.6 Å². The quantitative estimate of drug-likeness (QED) is 0.644. The second kappa shape index (κ2) is 6.62. The Morgan fingerprint density at radius 2 is 2.15 bits per heavy atom. The Labute approximate surface area is 124 Å². The fourth-order valence-electron chi connectivity index (χ4n) is 1.61. The molecule has 0 unspecified atom stereocenters. The maximum Gasteiger partial charge on any atom is 0.224 e. The zero-order valence-corrected chi connectivity index (χ0v) is 12.4. The number of nitrogens with one attached hydrogen (secondary N) is 1. The predicted octanol–water partition coefficient (Wildman–Crippen LogP) is 3.41. The van der Waals surface area contributed by atoms with Gasteiger partial charge in [0.05, 0.1) is 0 Å². The lowest BCUT2D eigenvalue weighted by Crippen LogP contribution is -2.11. The lowest BCUT2D eigenvalue weighted by molar-refractivity contribution is 0.424. The van der Waals surface area contributed by atoms with Crippen LogP contribution in [0.4, 0.5) is 10.2 Å². The minimum atomic E-state index is -0.475. The van der Waals surface area contributed by atoms with Crippen molar-refractivity contribution in [1.29, 1.82) is 0 Å². The molecule has 1 aromatic heterocycles. The van der Waals surface area contributed by atoms with Crippen LogP contribution >= 0.6 is 15.9 Å². The molecule has 0 saturated heterocycles. The van der Waals surface area contributed by atoms with E-state index in [0.29, 0.717) is 22.5 Å². The van der Waals surface area contributed by atoms with Crippen LogP contribution in [0.1, 0.15) is 19.2 Å². The van der Waals surface area contributed by atoms with E-state index in [1.165, 1.54) is 18.2 Å². The van der Waals surface area contributed by atoms with Crippen LogP contribution in [-0.2, 0) is 6.42 Å².